The first-order chi connectivity index (χ1) is 25.2. The van der Waals surface area contributed by atoms with Crippen molar-refractivity contribution in [3.8, 4) is 73.6 Å². The topological polar surface area (TPSA) is 75.6 Å². The van der Waals surface area contributed by atoms with Crippen LogP contribution in [0.5, 0.6) is 0 Å². The summed E-state index contributed by atoms with van der Waals surface area (Å²) in [4.78, 5) is 15.4. The van der Waals surface area contributed by atoms with E-state index in [1.54, 1.807) is 0 Å². The molecule has 0 spiro atoms. The van der Waals surface area contributed by atoms with Crippen LogP contribution in [0.2, 0.25) is 0 Å². The normalized spacial score (nSPS) is 11.1. The third-order valence-corrected chi connectivity index (χ3v) is 9.23. The molecule has 9 rings (SSSR count). The van der Waals surface area contributed by atoms with Gasteiger partial charge < -0.3 is 4.42 Å². The zero-order valence-corrected chi connectivity index (χ0v) is 27.4. The molecule has 5 nitrogen and oxygen atoms in total. The lowest BCUT2D eigenvalue weighted by Crippen LogP contribution is -2.01. The van der Waals surface area contributed by atoms with E-state index in [1.807, 2.05) is 103 Å². The van der Waals surface area contributed by atoms with Gasteiger partial charge in [0.15, 0.2) is 17.5 Å². The first kappa shape index (κ1) is 29.9. The van der Waals surface area contributed by atoms with Crippen LogP contribution in [0, 0.1) is 11.3 Å². The molecule has 238 valence electrons. The molecule has 0 radical (unpaired) electrons. The molecule has 0 aliphatic heterocycles. The number of benzene rings is 7. The molecule has 51 heavy (non-hydrogen) atoms. The number of hydrogen-bond acceptors (Lipinski definition) is 5. The summed E-state index contributed by atoms with van der Waals surface area (Å²) < 4.78 is 6.70. The third kappa shape index (κ3) is 5.51. The average molecular weight is 653 g/mol. The molecule has 0 fully saturated rings. The molecule has 0 aliphatic rings. The summed E-state index contributed by atoms with van der Waals surface area (Å²) in [6.45, 7) is 0. The lowest BCUT2D eigenvalue weighted by Gasteiger charge is -2.16. The summed E-state index contributed by atoms with van der Waals surface area (Å²) >= 11 is 0. The Labute approximate surface area is 294 Å². The van der Waals surface area contributed by atoms with E-state index in [1.165, 1.54) is 0 Å². The first-order valence-electron chi connectivity index (χ1n) is 16.8. The molecule has 0 unspecified atom stereocenters. The minimum absolute atomic E-state index is 0.514. The third-order valence-electron chi connectivity index (χ3n) is 9.23. The molecule has 0 bridgehead atoms. The minimum atomic E-state index is 0.514. The van der Waals surface area contributed by atoms with Crippen LogP contribution >= 0.6 is 0 Å². The molecule has 9 aromatic rings. The lowest BCUT2D eigenvalue weighted by molar-refractivity contribution is 0.669. The van der Waals surface area contributed by atoms with Crippen molar-refractivity contribution in [2.45, 2.75) is 0 Å². The van der Waals surface area contributed by atoms with E-state index in [-0.39, 0.29) is 0 Å². The second-order valence-electron chi connectivity index (χ2n) is 12.3. The van der Waals surface area contributed by atoms with E-state index in [0.717, 1.165) is 66.4 Å². The number of hydrogen-bond donors (Lipinski definition) is 0. The van der Waals surface area contributed by atoms with Gasteiger partial charge in [-0.05, 0) is 57.6 Å². The van der Waals surface area contributed by atoms with Gasteiger partial charge in [0, 0.05) is 21.9 Å². The molecular formula is C46H28N4O. The van der Waals surface area contributed by atoms with Gasteiger partial charge in [-0.1, -0.05) is 146 Å². The Balaban J connectivity index is 1.31. The molecule has 0 aliphatic carbocycles. The molecule has 7 aromatic carbocycles. The minimum Gasteiger partial charge on any atom is -0.455 e. The summed E-state index contributed by atoms with van der Waals surface area (Å²) in [6.07, 6.45) is 0. The lowest BCUT2D eigenvalue weighted by atomic mass is 9.90. The van der Waals surface area contributed by atoms with Crippen molar-refractivity contribution >= 4 is 21.9 Å². The van der Waals surface area contributed by atoms with E-state index in [9.17, 15) is 5.26 Å². The van der Waals surface area contributed by atoms with E-state index < -0.39 is 0 Å². The second kappa shape index (κ2) is 12.7. The smallest absolute Gasteiger partial charge is 0.168 e. The number of nitrogens with zero attached hydrogens (tertiary/aromatic N) is 4. The molecular weight excluding hydrogens is 625 g/mol. The van der Waals surface area contributed by atoms with Crippen molar-refractivity contribution in [3.63, 3.8) is 0 Å². The molecule has 2 heterocycles. The second-order valence-corrected chi connectivity index (χ2v) is 12.3. The molecule has 0 atom stereocenters. The van der Waals surface area contributed by atoms with Crippen molar-refractivity contribution in [1.82, 2.24) is 15.0 Å². The van der Waals surface area contributed by atoms with Crippen molar-refractivity contribution in [1.29, 1.82) is 5.26 Å². The van der Waals surface area contributed by atoms with Crippen molar-refractivity contribution in [2.75, 3.05) is 0 Å². The maximum atomic E-state index is 9.45. The largest absolute Gasteiger partial charge is 0.455 e. The quantitative estimate of drug-likeness (QED) is 0.179. The number of furan rings is 1. The number of para-hydroxylation sites is 1. The summed E-state index contributed by atoms with van der Waals surface area (Å²) in [5.41, 5.74) is 10.9. The summed E-state index contributed by atoms with van der Waals surface area (Å²) in [5.74, 6) is 1.65. The summed E-state index contributed by atoms with van der Waals surface area (Å²) in [6, 6.07) is 59.2. The highest BCUT2D eigenvalue weighted by Gasteiger charge is 2.23. The van der Waals surface area contributed by atoms with Crippen LogP contribution in [-0.4, -0.2) is 15.0 Å². The van der Waals surface area contributed by atoms with E-state index >= 15 is 0 Å². The number of rotatable bonds is 6. The zero-order chi connectivity index (χ0) is 34.1. The Morgan fingerprint density at radius 3 is 1.63 bits per heavy atom. The highest BCUT2D eigenvalue weighted by molar-refractivity contribution is 6.12. The average Bonchev–Trinajstić information content (AvgIpc) is 3.60. The van der Waals surface area contributed by atoms with Crippen LogP contribution in [0.3, 0.4) is 0 Å². The highest BCUT2D eigenvalue weighted by atomic mass is 16.3. The Kier molecular flexibility index (Phi) is 7.46. The van der Waals surface area contributed by atoms with Crippen LogP contribution in [0.25, 0.3) is 89.5 Å². The van der Waals surface area contributed by atoms with Gasteiger partial charge in [-0.25, -0.2) is 15.0 Å². The van der Waals surface area contributed by atoms with Crippen molar-refractivity contribution in [2.24, 2.45) is 0 Å². The van der Waals surface area contributed by atoms with Gasteiger partial charge in [-0.2, -0.15) is 5.26 Å². The predicted octanol–water partition coefficient (Wildman–Crippen LogP) is 11.6. The van der Waals surface area contributed by atoms with Gasteiger partial charge in [0.25, 0.3) is 0 Å². The maximum Gasteiger partial charge on any atom is 0.168 e. The summed E-state index contributed by atoms with van der Waals surface area (Å²) in [7, 11) is 0. The molecule has 5 heteroatoms. The van der Waals surface area contributed by atoms with Gasteiger partial charge in [0.05, 0.1) is 17.2 Å². The Hall–Kier alpha value is -7.16. The zero-order valence-electron chi connectivity index (χ0n) is 27.4. The van der Waals surface area contributed by atoms with Crippen molar-refractivity contribution < 1.29 is 4.42 Å². The van der Waals surface area contributed by atoms with Gasteiger partial charge in [-0.15, -0.1) is 0 Å². The Bertz CT molecular complexity index is 2730. The van der Waals surface area contributed by atoms with E-state index in [2.05, 4.69) is 72.8 Å². The number of fused-ring (bicyclic) bond motifs is 3. The van der Waals surface area contributed by atoms with Crippen LogP contribution in [0.1, 0.15) is 5.56 Å². The fraction of sp³-hybridized carbons (Fsp3) is 0. The molecule has 0 amide bonds. The van der Waals surface area contributed by atoms with Gasteiger partial charge in [-0.3, -0.25) is 0 Å². The molecule has 0 saturated carbocycles. The summed E-state index contributed by atoms with van der Waals surface area (Å²) in [5, 5.41) is 11.5. The first-order valence-corrected chi connectivity index (χ1v) is 16.8. The van der Waals surface area contributed by atoms with Gasteiger partial charge in [0.1, 0.15) is 11.2 Å². The monoisotopic (exact) mass is 652 g/mol. The fourth-order valence-electron chi connectivity index (χ4n) is 6.70. The van der Waals surface area contributed by atoms with Crippen molar-refractivity contribution in [3.05, 3.63) is 175 Å². The fourth-order valence-corrected chi connectivity index (χ4v) is 6.70. The van der Waals surface area contributed by atoms with Crippen LogP contribution in [0.4, 0.5) is 0 Å². The van der Waals surface area contributed by atoms with E-state index in [0.29, 0.717) is 28.6 Å². The number of nitriles is 1. The van der Waals surface area contributed by atoms with Crippen LogP contribution in [-0.2, 0) is 0 Å². The number of aromatic nitrogens is 3. The highest BCUT2D eigenvalue weighted by Crippen LogP contribution is 2.44. The van der Waals surface area contributed by atoms with Crippen LogP contribution < -0.4 is 0 Å². The molecule has 0 saturated heterocycles. The maximum absolute atomic E-state index is 9.45. The molecule has 0 N–H and O–H groups in total. The Morgan fingerprint density at radius 1 is 0.392 bits per heavy atom. The van der Waals surface area contributed by atoms with Gasteiger partial charge in [0.2, 0.25) is 0 Å². The Morgan fingerprint density at radius 2 is 0.922 bits per heavy atom. The van der Waals surface area contributed by atoms with Gasteiger partial charge >= 0.3 is 0 Å². The van der Waals surface area contributed by atoms with E-state index in [4.69, 9.17) is 19.4 Å². The van der Waals surface area contributed by atoms with Crippen LogP contribution in [0.15, 0.2) is 174 Å². The predicted molar refractivity (Wildman–Crippen MR) is 204 cm³/mol. The standard InChI is InChI=1S/C46H28N4O/c47-29-30-19-21-33(22-20-30)36-15-7-8-16-37(36)39-27-28-40-38-17-9-10-18-41(38)51-43(40)42(39)46-49-44(34-13-5-2-6-14-34)48-45(50-46)35-25-23-32(24-26-35)31-11-3-1-4-12-31/h1-28H. The SMILES string of the molecule is N#Cc1ccc(-c2ccccc2-c2ccc3c(oc4ccccc43)c2-c2nc(-c3ccccc3)nc(-c3ccc(-c4ccccc4)cc3)n2)cc1. The molecule has 2 aromatic heterocycles.